The lowest BCUT2D eigenvalue weighted by molar-refractivity contribution is 0.625. The molecule has 1 aromatic rings. The van der Waals surface area contributed by atoms with Crippen molar-refractivity contribution in [2.24, 2.45) is 0 Å². The maximum Gasteiger partial charge on any atom is 0.124 e. The fraction of sp³-hybridized carbons (Fsp3) is 0.500. The first kappa shape index (κ1) is 12.8. The van der Waals surface area contributed by atoms with Gasteiger partial charge in [0.1, 0.15) is 5.82 Å². The number of hydrogen-bond donors (Lipinski definition) is 0. The lowest BCUT2D eigenvalue weighted by atomic mass is 10.1. The van der Waals surface area contributed by atoms with E-state index in [4.69, 9.17) is 23.2 Å². The molecule has 0 saturated heterocycles. The molecule has 1 unspecified atom stereocenters. The lowest BCUT2D eigenvalue weighted by Crippen LogP contribution is -1.97. The minimum absolute atomic E-state index is 0.240. The van der Waals surface area contributed by atoms with Gasteiger partial charge < -0.3 is 0 Å². The zero-order valence-electron chi connectivity index (χ0n) is 8.77. The van der Waals surface area contributed by atoms with E-state index in [1.165, 1.54) is 12.1 Å². The van der Waals surface area contributed by atoms with Crippen molar-refractivity contribution in [3.63, 3.8) is 0 Å². The van der Waals surface area contributed by atoms with Crippen LogP contribution in [0, 0.1) is 5.82 Å². The third-order valence-corrected chi connectivity index (χ3v) is 3.30. The Morgan fingerprint density at radius 1 is 1.40 bits per heavy atom. The van der Waals surface area contributed by atoms with E-state index in [1.54, 1.807) is 6.07 Å². The van der Waals surface area contributed by atoms with Gasteiger partial charge in [-0.3, -0.25) is 0 Å². The zero-order valence-corrected chi connectivity index (χ0v) is 10.3. The summed E-state index contributed by atoms with van der Waals surface area (Å²) < 4.78 is 12.7. The second kappa shape index (κ2) is 6.34. The molecule has 0 aliphatic carbocycles. The van der Waals surface area contributed by atoms with E-state index in [-0.39, 0.29) is 11.2 Å². The highest BCUT2D eigenvalue weighted by molar-refractivity contribution is 6.31. The highest BCUT2D eigenvalue weighted by Gasteiger charge is 2.04. The summed E-state index contributed by atoms with van der Waals surface area (Å²) in [6.45, 7) is 2.07. The molecule has 0 saturated carbocycles. The molecule has 0 aliphatic rings. The maximum atomic E-state index is 12.7. The van der Waals surface area contributed by atoms with E-state index in [0.717, 1.165) is 31.2 Å². The first-order chi connectivity index (χ1) is 7.13. The standard InChI is InChI=1S/C12H15Cl2F/c1-2-10(13)5-3-4-9-6-7-11(15)8-12(9)14/h6-8,10H,2-5H2,1H3. The molecule has 15 heavy (non-hydrogen) atoms. The number of aryl methyl sites for hydroxylation is 1. The van der Waals surface area contributed by atoms with Crippen LogP contribution < -0.4 is 0 Å². The quantitative estimate of drug-likeness (QED) is 0.656. The van der Waals surface area contributed by atoms with Gasteiger partial charge in [-0.2, -0.15) is 0 Å². The molecule has 0 radical (unpaired) electrons. The Morgan fingerprint density at radius 2 is 2.13 bits per heavy atom. The summed E-state index contributed by atoms with van der Waals surface area (Å²) in [6.07, 6.45) is 3.82. The highest BCUT2D eigenvalue weighted by atomic mass is 35.5. The van der Waals surface area contributed by atoms with Gasteiger partial charge in [-0.1, -0.05) is 24.6 Å². The largest absolute Gasteiger partial charge is 0.207 e. The normalized spacial score (nSPS) is 12.8. The summed E-state index contributed by atoms with van der Waals surface area (Å²) in [4.78, 5) is 0. The van der Waals surface area contributed by atoms with Crippen LogP contribution in [0.15, 0.2) is 18.2 Å². The molecule has 0 fully saturated rings. The minimum Gasteiger partial charge on any atom is -0.207 e. The Bertz CT molecular complexity index is 312. The fourth-order valence-electron chi connectivity index (χ4n) is 1.44. The summed E-state index contributed by atoms with van der Waals surface area (Å²) >= 11 is 11.9. The summed E-state index contributed by atoms with van der Waals surface area (Å²) in [5.74, 6) is -0.285. The number of rotatable bonds is 5. The van der Waals surface area contributed by atoms with Crippen LogP contribution in [-0.2, 0) is 6.42 Å². The zero-order chi connectivity index (χ0) is 11.3. The highest BCUT2D eigenvalue weighted by Crippen LogP contribution is 2.20. The second-order valence-corrected chi connectivity index (χ2v) is 4.66. The average Bonchev–Trinajstić information content (AvgIpc) is 2.21. The second-order valence-electron chi connectivity index (χ2n) is 3.63. The van der Waals surface area contributed by atoms with Gasteiger partial charge in [-0.15, -0.1) is 11.6 Å². The van der Waals surface area contributed by atoms with Crippen LogP contribution in [0.25, 0.3) is 0 Å². The molecule has 0 aromatic heterocycles. The topological polar surface area (TPSA) is 0 Å². The molecule has 0 nitrogen and oxygen atoms in total. The molecule has 0 heterocycles. The van der Waals surface area contributed by atoms with E-state index < -0.39 is 0 Å². The van der Waals surface area contributed by atoms with Crippen molar-refractivity contribution in [1.82, 2.24) is 0 Å². The molecule has 0 amide bonds. The van der Waals surface area contributed by atoms with Gasteiger partial charge in [0.05, 0.1) is 0 Å². The molecule has 0 bridgehead atoms. The van der Waals surface area contributed by atoms with Crippen molar-refractivity contribution in [3.05, 3.63) is 34.6 Å². The smallest absolute Gasteiger partial charge is 0.124 e. The van der Waals surface area contributed by atoms with Crippen molar-refractivity contribution < 1.29 is 4.39 Å². The summed E-state index contributed by atoms with van der Waals surface area (Å²) in [5.41, 5.74) is 0.998. The number of halogens is 3. The Kier molecular flexibility index (Phi) is 5.41. The third kappa shape index (κ3) is 4.40. The van der Waals surface area contributed by atoms with Crippen LogP contribution in [0.5, 0.6) is 0 Å². The van der Waals surface area contributed by atoms with Gasteiger partial charge in [-0.25, -0.2) is 4.39 Å². The number of alkyl halides is 1. The van der Waals surface area contributed by atoms with E-state index in [2.05, 4.69) is 6.92 Å². The monoisotopic (exact) mass is 248 g/mol. The molecule has 1 rings (SSSR count). The molecule has 84 valence electrons. The Labute approximate surface area is 100 Å². The third-order valence-electron chi connectivity index (χ3n) is 2.42. The van der Waals surface area contributed by atoms with E-state index in [9.17, 15) is 4.39 Å². The number of benzene rings is 1. The van der Waals surface area contributed by atoms with Crippen molar-refractivity contribution in [1.29, 1.82) is 0 Å². The van der Waals surface area contributed by atoms with Crippen LogP contribution >= 0.6 is 23.2 Å². The summed E-state index contributed by atoms with van der Waals surface area (Å²) in [5, 5.41) is 0.752. The van der Waals surface area contributed by atoms with E-state index in [0.29, 0.717) is 5.02 Å². The predicted molar refractivity (Wildman–Crippen MR) is 64.3 cm³/mol. The molecule has 0 aliphatic heterocycles. The molecule has 0 spiro atoms. The first-order valence-corrected chi connectivity index (χ1v) is 6.03. The van der Waals surface area contributed by atoms with Gasteiger partial charge in [0, 0.05) is 10.4 Å². The van der Waals surface area contributed by atoms with Crippen molar-refractivity contribution in [2.45, 2.75) is 38.0 Å². The van der Waals surface area contributed by atoms with Gasteiger partial charge in [0.15, 0.2) is 0 Å². The number of hydrogen-bond acceptors (Lipinski definition) is 0. The van der Waals surface area contributed by atoms with E-state index >= 15 is 0 Å². The van der Waals surface area contributed by atoms with Gasteiger partial charge >= 0.3 is 0 Å². The van der Waals surface area contributed by atoms with Crippen molar-refractivity contribution >= 4 is 23.2 Å². The average molecular weight is 249 g/mol. The van der Waals surface area contributed by atoms with Crippen LogP contribution in [0.2, 0.25) is 5.02 Å². The molecular formula is C12H15Cl2F. The molecular weight excluding hydrogens is 234 g/mol. The minimum atomic E-state index is -0.285. The van der Waals surface area contributed by atoms with Crippen LogP contribution in [0.4, 0.5) is 4.39 Å². The lowest BCUT2D eigenvalue weighted by Gasteiger charge is -2.07. The Balaban J connectivity index is 2.44. The predicted octanol–water partition coefficient (Wildman–Crippen LogP) is 4.82. The Morgan fingerprint density at radius 3 is 2.73 bits per heavy atom. The van der Waals surface area contributed by atoms with Crippen molar-refractivity contribution in [3.8, 4) is 0 Å². The fourth-order valence-corrected chi connectivity index (χ4v) is 1.86. The van der Waals surface area contributed by atoms with Gasteiger partial charge in [0.2, 0.25) is 0 Å². The molecule has 0 N–H and O–H groups in total. The van der Waals surface area contributed by atoms with Crippen LogP contribution in [0.3, 0.4) is 0 Å². The summed E-state index contributed by atoms with van der Waals surface area (Å²) in [7, 11) is 0. The van der Waals surface area contributed by atoms with E-state index in [1.807, 2.05) is 0 Å². The van der Waals surface area contributed by atoms with Gasteiger partial charge in [0.25, 0.3) is 0 Å². The van der Waals surface area contributed by atoms with Crippen molar-refractivity contribution in [2.75, 3.05) is 0 Å². The summed E-state index contributed by atoms with van der Waals surface area (Å²) in [6, 6.07) is 4.54. The Hall–Kier alpha value is -0.270. The van der Waals surface area contributed by atoms with Gasteiger partial charge in [-0.05, 0) is 43.4 Å². The molecule has 1 aromatic carbocycles. The molecule has 3 heteroatoms. The van der Waals surface area contributed by atoms with Crippen LogP contribution in [-0.4, -0.2) is 5.38 Å². The SMILES string of the molecule is CCC(Cl)CCCc1ccc(F)cc1Cl. The maximum absolute atomic E-state index is 12.7. The first-order valence-electron chi connectivity index (χ1n) is 5.21. The van der Waals surface area contributed by atoms with Crippen LogP contribution in [0.1, 0.15) is 31.7 Å². The molecule has 1 atom stereocenters.